The van der Waals surface area contributed by atoms with Gasteiger partial charge in [0.2, 0.25) is 0 Å². The van der Waals surface area contributed by atoms with E-state index < -0.39 is 5.60 Å². The second kappa shape index (κ2) is 6.80. The van der Waals surface area contributed by atoms with Crippen LogP contribution in [0.4, 0.5) is 0 Å². The van der Waals surface area contributed by atoms with Crippen LogP contribution >= 0.6 is 0 Å². The predicted molar refractivity (Wildman–Crippen MR) is 60.1 cm³/mol. The van der Waals surface area contributed by atoms with Crippen molar-refractivity contribution in [2.75, 3.05) is 6.61 Å². The molecule has 1 aliphatic rings. The first kappa shape index (κ1) is 13.4. The highest BCUT2D eigenvalue weighted by atomic mass is 16.3. The molecule has 0 spiro atoms. The van der Waals surface area contributed by atoms with E-state index in [0.29, 0.717) is 0 Å². The summed E-state index contributed by atoms with van der Waals surface area (Å²) in [5.41, 5.74) is 0.814. The van der Waals surface area contributed by atoms with Crippen LogP contribution in [0, 0.1) is 0 Å². The SMILES string of the molecule is C/C1=C/CCC(C)(O)/C=C\C1.CCO. The molecule has 1 unspecified atom stereocenters. The summed E-state index contributed by atoms with van der Waals surface area (Å²) in [4.78, 5) is 0. The van der Waals surface area contributed by atoms with Gasteiger partial charge in [-0.25, -0.2) is 0 Å². The highest BCUT2D eigenvalue weighted by molar-refractivity contribution is 5.11. The summed E-state index contributed by atoms with van der Waals surface area (Å²) in [6.07, 6.45) is 8.96. The van der Waals surface area contributed by atoms with Crippen molar-refractivity contribution < 1.29 is 10.2 Å². The van der Waals surface area contributed by atoms with Crippen molar-refractivity contribution in [1.82, 2.24) is 0 Å². The summed E-state index contributed by atoms with van der Waals surface area (Å²) in [5.74, 6) is 0. The Balaban J connectivity index is 0.000000500. The lowest BCUT2D eigenvalue weighted by Crippen LogP contribution is -2.20. The van der Waals surface area contributed by atoms with E-state index in [1.54, 1.807) is 6.92 Å². The highest BCUT2D eigenvalue weighted by Gasteiger charge is 2.15. The number of hydrogen-bond acceptors (Lipinski definition) is 2. The van der Waals surface area contributed by atoms with Gasteiger partial charge in [0.1, 0.15) is 0 Å². The Morgan fingerprint density at radius 3 is 2.64 bits per heavy atom. The van der Waals surface area contributed by atoms with E-state index in [4.69, 9.17) is 5.11 Å². The topological polar surface area (TPSA) is 40.5 Å². The van der Waals surface area contributed by atoms with Crippen LogP contribution in [0.2, 0.25) is 0 Å². The molecule has 2 N–H and O–H groups in total. The van der Waals surface area contributed by atoms with E-state index in [-0.39, 0.29) is 6.61 Å². The minimum Gasteiger partial charge on any atom is -0.397 e. The fourth-order valence-corrected chi connectivity index (χ4v) is 1.28. The van der Waals surface area contributed by atoms with Crippen LogP contribution in [0.3, 0.4) is 0 Å². The van der Waals surface area contributed by atoms with E-state index in [0.717, 1.165) is 19.3 Å². The second-order valence-electron chi connectivity index (χ2n) is 3.87. The van der Waals surface area contributed by atoms with Gasteiger partial charge in [0.05, 0.1) is 5.60 Å². The van der Waals surface area contributed by atoms with E-state index in [2.05, 4.69) is 13.0 Å². The zero-order valence-electron chi connectivity index (χ0n) is 9.45. The molecule has 0 bridgehead atoms. The van der Waals surface area contributed by atoms with Crippen molar-refractivity contribution in [2.24, 2.45) is 0 Å². The molecular weight excluding hydrogens is 176 g/mol. The number of aliphatic hydroxyl groups excluding tert-OH is 1. The molecule has 1 rings (SSSR count). The van der Waals surface area contributed by atoms with Crippen LogP contribution in [0.1, 0.15) is 40.0 Å². The Labute approximate surface area is 87.0 Å². The first-order valence-electron chi connectivity index (χ1n) is 5.18. The number of allylic oxidation sites excluding steroid dienone is 3. The average molecular weight is 198 g/mol. The lowest BCUT2D eigenvalue weighted by atomic mass is 9.95. The van der Waals surface area contributed by atoms with Gasteiger partial charge in [0.25, 0.3) is 0 Å². The second-order valence-corrected chi connectivity index (χ2v) is 3.87. The maximum atomic E-state index is 9.65. The summed E-state index contributed by atoms with van der Waals surface area (Å²) in [5, 5.41) is 17.2. The molecule has 0 amide bonds. The van der Waals surface area contributed by atoms with Crippen molar-refractivity contribution in [3.8, 4) is 0 Å². The lowest BCUT2D eigenvalue weighted by molar-refractivity contribution is 0.102. The quantitative estimate of drug-likeness (QED) is 0.587. The number of rotatable bonds is 0. The third kappa shape index (κ3) is 6.87. The van der Waals surface area contributed by atoms with Crippen LogP contribution in [0.15, 0.2) is 23.8 Å². The molecule has 14 heavy (non-hydrogen) atoms. The molecule has 0 saturated heterocycles. The van der Waals surface area contributed by atoms with Crippen molar-refractivity contribution in [3.63, 3.8) is 0 Å². The van der Waals surface area contributed by atoms with Crippen molar-refractivity contribution in [1.29, 1.82) is 0 Å². The van der Waals surface area contributed by atoms with E-state index in [1.165, 1.54) is 5.57 Å². The summed E-state index contributed by atoms with van der Waals surface area (Å²) in [6.45, 7) is 5.92. The largest absolute Gasteiger partial charge is 0.397 e. The van der Waals surface area contributed by atoms with Crippen LogP contribution in [0.5, 0.6) is 0 Å². The normalized spacial score (nSPS) is 32.8. The molecule has 0 saturated carbocycles. The van der Waals surface area contributed by atoms with Gasteiger partial charge in [-0.05, 0) is 40.0 Å². The third-order valence-electron chi connectivity index (χ3n) is 2.06. The minimum atomic E-state index is -0.586. The van der Waals surface area contributed by atoms with E-state index >= 15 is 0 Å². The van der Waals surface area contributed by atoms with Crippen molar-refractivity contribution in [3.05, 3.63) is 23.8 Å². The Morgan fingerprint density at radius 2 is 2.07 bits per heavy atom. The molecule has 0 fully saturated rings. The molecule has 1 atom stereocenters. The van der Waals surface area contributed by atoms with Gasteiger partial charge in [-0.2, -0.15) is 0 Å². The van der Waals surface area contributed by atoms with Crippen LogP contribution in [-0.4, -0.2) is 22.4 Å². The monoisotopic (exact) mass is 198 g/mol. The van der Waals surface area contributed by atoms with Crippen LogP contribution < -0.4 is 0 Å². The summed E-state index contributed by atoms with van der Waals surface area (Å²) in [6, 6.07) is 0. The first-order valence-corrected chi connectivity index (χ1v) is 5.18. The molecule has 0 aromatic heterocycles. The maximum Gasteiger partial charge on any atom is 0.0802 e. The van der Waals surface area contributed by atoms with Crippen LogP contribution in [-0.2, 0) is 0 Å². The van der Waals surface area contributed by atoms with Gasteiger partial charge in [0, 0.05) is 6.61 Å². The van der Waals surface area contributed by atoms with Crippen LogP contribution in [0.25, 0.3) is 0 Å². The number of hydrogen-bond donors (Lipinski definition) is 2. The molecule has 0 aliphatic heterocycles. The van der Waals surface area contributed by atoms with Gasteiger partial charge in [0.15, 0.2) is 0 Å². The molecule has 0 heterocycles. The Bertz CT molecular complexity index is 202. The maximum absolute atomic E-state index is 9.65. The van der Waals surface area contributed by atoms with Crippen molar-refractivity contribution in [2.45, 2.75) is 45.6 Å². The average Bonchev–Trinajstić information content (AvgIpc) is 2.02. The molecule has 0 aromatic carbocycles. The van der Waals surface area contributed by atoms with Gasteiger partial charge < -0.3 is 10.2 Å². The van der Waals surface area contributed by atoms with Gasteiger partial charge in [-0.3, -0.25) is 0 Å². The molecule has 1 aliphatic carbocycles. The van der Waals surface area contributed by atoms with Gasteiger partial charge in [-0.15, -0.1) is 0 Å². The van der Waals surface area contributed by atoms with E-state index in [1.807, 2.05) is 19.1 Å². The fourth-order valence-electron chi connectivity index (χ4n) is 1.28. The molecule has 0 aromatic rings. The van der Waals surface area contributed by atoms with Gasteiger partial charge in [-0.1, -0.05) is 23.8 Å². The Morgan fingerprint density at radius 1 is 1.50 bits per heavy atom. The lowest BCUT2D eigenvalue weighted by Gasteiger charge is -2.19. The van der Waals surface area contributed by atoms with Gasteiger partial charge >= 0.3 is 0 Å². The fraction of sp³-hybridized carbons (Fsp3) is 0.667. The first-order chi connectivity index (χ1) is 6.52. The van der Waals surface area contributed by atoms with Crippen molar-refractivity contribution >= 4 is 0 Å². The molecule has 0 radical (unpaired) electrons. The Hall–Kier alpha value is -0.600. The summed E-state index contributed by atoms with van der Waals surface area (Å²) < 4.78 is 0. The Kier molecular flexibility index (Phi) is 6.50. The zero-order chi connectivity index (χ0) is 11.0. The zero-order valence-corrected chi connectivity index (χ0v) is 9.45. The predicted octanol–water partition coefficient (Wildman–Crippen LogP) is 2.42. The summed E-state index contributed by atoms with van der Waals surface area (Å²) >= 11 is 0. The molecule has 2 heteroatoms. The third-order valence-corrected chi connectivity index (χ3v) is 2.06. The molecular formula is C12H22O2. The highest BCUT2D eigenvalue weighted by Crippen LogP contribution is 2.19. The number of aliphatic hydroxyl groups is 2. The summed E-state index contributed by atoms with van der Waals surface area (Å²) in [7, 11) is 0. The molecule has 2 nitrogen and oxygen atoms in total. The smallest absolute Gasteiger partial charge is 0.0802 e. The van der Waals surface area contributed by atoms with E-state index in [9.17, 15) is 5.11 Å². The standard InChI is InChI=1S/C10H16O.C2H6O/c1-9-5-3-7-10(2,11)8-4-6-9;1-2-3/h3,6-7,11H,4-5,8H2,1-2H3;3H,2H2,1H3/b7-3-,9-6-;. The molecule has 82 valence electrons. The minimum absolute atomic E-state index is 0.250.